The van der Waals surface area contributed by atoms with Crippen molar-refractivity contribution in [1.29, 1.82) is 0 Å². The van der Waals surface area contributed by atoms with Crippen LogP contribution in [-0.2, 0) is 86.9 Å². The average Bonchev–Trinajstić information content (AvgIpc) is 3.02. The molecule has 0 amide bonds. The Balaban J connectivity index is 0. The van der Waals surface area contributed by atoms with Crippen molar-refractivity contribution in [2.75, 3.05) is 13.1 Å². The van der Waals surface area contributed by atoms with Gasteiger partial charge in [-0.3, -0.25) is 0 Å². The Morgan fingerprint density at radius 3 is 2.04 bits per heavy atom. The second kappa shape index (κ2) is 11.8. The van der Waals surface area contributed by atoms with Crippen molar-refractivity contribution in [3.05, 3.63) is 41.5 Å². The minimum Gasteiger partial charge on any atom is -0.371 e. The van der Waals surface area contributed by atoms with E-state index in [-0.39, 0.29) is 92.4 Å². The molecule has 0 bridgehead atoms. The monoisotopic (exact) mass is 506 g/mol. The zero-order valence-corrected chi connectivity index (χ0v) is 24.0. The molecule has 1 aliphatic carbocycles. The summed E-state index contributed by atoms with van der Waals surface area (Å²) in [6.45, 7) is 14.3. The fourth-order valence-corrected chi connectivity index (χ4v) is 7.91. The molecule has 1 aromatic rings. The van der Waals surface area contributed by atoms with Gasteiger partial charge in [-0.05, 0) is 39.2 Å². The van der Waals surface area contributed by atoms with Gasteiger partial charge in [0.25, 0.3) is 0 Å². The Morgan fingerprint density at radius 1 is 0.962 bits per heavy atom. The van der Waals surface area contributed by atoms with Gasteiger partial charge >= 0.3 is 0 Å². The molecular weight excluding hydrogens is 476 g/mol. The summed E-state index contributed by atoms with van der Waals surface area (Å²) in [6.07, 6.45) is 5.25. The molecule has 0 saturated carbocycles. The summed E-state index contributed by atoms with van der Waals surface area (Å²) in [4.78, 5) is 6.56. The van der Waals surface area contributed by atoms with Crippen LogP contribution in [0.3, 0.4) is 0 Å². The van der Waals surface area contributed by atoms with Gasteiger partial charge in [0.05, 0.1) is 0 Å². The van der Waals surface area contributed by atoms with E-state index in [2.05, 4.69) is 74.1 Å². The Hall–Kier alpha value is 1.79. The Morgan fingerprint density at radius 2 is 1.50 bits per heavy atom. The van der Waals surface area contributed by atoms with E-state index in [9.17, 15) is 0 Å². The molecule has 0 aromatic heterocycles. The summed E-state index contributed by atoms with van der Waals surface area (Å²) in [5.41, 5.74) is 5.26. The summed E-state index contributed by atoms with van der Waals surface area (Å²) in [5.74, 6) is 0. The predicted octanol–water partition coefficient (Wildman–Crippen LogP) is 4.34. The fraction of sp³-hybridized carbons (Fsp3) is 0.579. The SMILES string of the molecule is CC(C)(C)N[Si](C)(C)C1C=C(N2CCCC2)c2ccccc21.[Ti].[Ti].[Ti].[Ti]. The number of benzene rings is 1. The first-order chi connectivity index (χ1) is 10.3. The minimum absolute atomic E-state index is 0. The van der Waals surface area contributed by atoms with Gasteiger partial charge in [0, 0.05) is 122 Å². The van der Waals surface area contributed by atoms with Crippen LogP contribution in [0.15, 0.2) is 30.3 Å². The van der Waals surface area contributed by atoms with Crippen LogP contribution in [-0.4, -0.2) is 31.8 Å². The third-order valence-electron chi connectivity index (χ3n) is 4.82. The molecule has 1 heterocycles. The van der Waals surface area contributed by atoms with Gasteiger partial charge in [0.1, 0.15) is 8.24 Å². The van der Waals surface area contributed by atoms with Crippen molar-refractivity contribution < 1.29 is 86.9 Å². The molecule has 1 atom stereocenters. The predicted molar refractivity (Wildman–Crippen MR) is 98.3 cm³/mol. The van der Waals surface area contributed by atoms with Crippen molar-refractivity contribution in [2.24, 2.45) is 0 Å². The van der Waals surface area contributed by atoms with Crippen molar-refractivity contribution in [2.45, 2.75) is 57.8 Å². The number of hydrogen-bond donors (Lipinski definition) is 1. The normalized spacial score (nSPS) is 18.6. The van der Waals surface area contributed by atoms with E-state index < -0.39 is 8.24 Å². The van der Waals surface area contributed by atoms with E-state index in [0.717, 1.165) is 0 Å². The number of likely N-dealkylation sites (tertiary alicyclic amines) is 1. The van der Waals surface area contributed by atoms with E-state index in [1.807, 2.05) is 0 Å². The van der Waals surface area contributed by atoms with E-state index in [0.29, 0.717) is 5.54 Å². The molecule has 26 heavy (non-hydrogen) atoms. The van der Waals surface area contributed by atoms with Gasteiger partial charge in [-0.15, -0.1) is 0 Å². The summed E-state index contributed by atoms with van der Waals surface area (Å²) >= 11 is 0. The summed E-state index contributed by atoms with van der Waals surface area (Å²) in [5, 5.41) is 0. The van der Waals surface area contributed by atoms with Crippen LogP contribution in [0.4, 0.5) is 0 Å². The first kappa shape index (κ1) is 30.0. The zero-order valence-electron chi connectivity index (χ0n) is 16.7. The first-order valence-corrected chi connectivity index (χ1v) is 11.7. The second-order valence-electron chi connectivity index (χ2n) is 8.41. The largest absolute Gasteiger partial charge is 0.371 e. The number of hydrogen-bond acceptors (Lipinski definition) is 2. The molecule has 1 unspecified atom stereocenters. The van der Waals surface area contributed by atoms with Crippen molar-refractivity contribution in [3.63, 3.8) is 0 Å². The quantitative estimate of drug-likeness (QED) is 0.615. The minimum atomic E-state index is -1.60. The van der Waals surface area contributed by atoms with Gasteiger partial charge < -0.3 is 9.88 Å². The number of nitrogens with zero attached hydrogens (tertiary/aromatic N) is 1. The van der Waals surface area contributed by atoms with E-state index >= 15 is 0 Å². The smallest absolute Gasteiger partial charge is 0.131 e. The molecule has 1 fully saturated rings. The van der Waals surface area contributed by atoms with E-state index in [1.165, 1.54) is 42.8 Å². The van der Waals surface area contributed by atoms with Crippen LogP contribution in [0.5, 0.6) is 0 Å². The van der Waals surface area contributed by atoms with Gasteiger partial charge in [0.2, 0.25) is 0 Å². The van der Waals surface area contributed by atoms with Crippen LogP contribution < -0.4 is 4.98 Å². The Bertz CT molecular complexity index is 593. The average molecular weight is 506 g/mol. The fourth-order valence-electron chi connectivity index (χ4n) is 4.21. The van der Waals surface area contributed by atoms with Gasteiger partial charge in [-0.25, -0.2) is 0 Å². The van der Waals surface area contributed by atoms with Crippen LogP contribution in [0.2, 0.25) is 13.1 Å². The summed E-state index contributed by atoms with van der Waals surface area (Å²) in [7, 11) is -1.60. The van der Waals surface area contributed by atoms with Gasteiger partial charge in [0.15, 0.2) is 0 Å². The van der Waals surface area contributed by atoms with Crippen molar-refractivity contribution in [1.82, 2.24) is 9.88 Å². The topological polar surface area (TPSA) is 15.3 Å². The zero-order chi connectivity index (χ0) is 16.0. The van der Waals surface area contributed by atoms with Crippen molar-refractivity contribution in [3.8, 4) is 0 Å². The molecule has 3 rings (SSSR count). The molecule has 136 valence electrons. The molecule has 2 aliphatic rings. The Kier molecular flexibility index (Phi) is 13.7. The maximum atomic E-state index is 3.97. The number of fused-ring (bicyclic) bond motifs is 1. The van der Waals surface area contributed by atoms with E-state index in [4.69, 9.17) is 0 Å². The molecule has 1 N–H and O–H groups in total. The van der Waals surface area contributed by atoms with Crippen molar-refractivity contribution >= 4 is 13.9 Å². The molecule has 7 heteroatoms. The maximum Gasteiger partial charge on any atom is 0.131 e. The number of rotatable bonds is 3. The standard InChI is InChI=1S/C19H30N2Si.4Ti/c1-19(2,3)20-22(4,5)18-14-17(21-12-8-9-13-21)15-10-6-7-11-16(15)18;;;;/h6-7,10-11,14,18,20H,8-9,12-13H2,1-5H3;;;;. The molecular formula is C19H30N2SiTi4. The summed E-state index contributed by atoms with van der Waals surface area (Å²) in [6, 6.07) is 9.06. The summed E-state index contributed by atoms with van der Waals surface area (Å²) < 4.78 is 0. The third kappa shape index (κ3) is 6.94. The number of allylic oxidation sites excluding steroid dienone is 1. The molecule has 1 aromatic carbocycles. The van der Waals surface area contributed by atoms with Gasteiger partial charge in [-0.1, -0.05) is 43.4 Å². The van der Waals surface area contributed by atoms with Gasteiger partial charge in [-0.2, -0.15) is 0 Å². The van der Waals surface area contributed by atoms with Crippen LogP contribution in [0, 0.1) is 0 Å². The van der Waals surface area contributed by atoms with Crippen LogP contribution >= 0.6 is 0 Å². The molecule has 2 nitrogen and oxygen atoms in total. The second-order valence-corrected chi connectivity index (χ2v) is 12.7. The molecule has 1 saturated heterocycles. The first-order valence-electron chi connectivity index (χ1n) is 8.63. The number of nitrogens with one attached hydrogen (secondary N) is 1. The third-order valence-corrected chi connectivity index (χ3v) is 8.24. The molecule has 1 aliphatic heterocycles. The van der Waals surface area contributed by atoms with Crippen LogP contribution in [0.25, 0.3) is 5.70 Å². The maximum absolute atomic E-state index is 3.97. The molecule has 0 spiro atoms. The molecule has 0 radical (unpaired) electrons. The Labute approximate surface area is 220 Å². The van der Waals surface area contributed by atoms with E-state index in [1.54, 1.807) is 0 Å². The van der Waals surface area contributed by atoms with Crippen LogP contribution in [0.1, 0.15) is 50.3 Å².